The lowest BCUT2D eigenvalue weighted by atomic mass is 10.3. The van der Waals surface area contributed by atoms with E-state index in [1.807, 2.05) is 6.92 Å². The van der Waals surface area contributed by atoms with Crippen molar-refractivity contribution >= 4 is 5.78 Å². The Bertz CT molecular complexity index is 574. The van der Waals surface area contributed by atoms with Gasteiger partial charge < -0.3 is 5.73 Å². The van der Waals surface area contributed by atoms with E-state index in [9.17, 15) is 0 Å². The summed E-state index contributed by atoms with van der Waals surface area (Å²) in [4.78, 5) is 11.4. The Kier molecular flexibility index (Phi) is 2.80. The summed E-state index contributed by atoms with van der Waals surface area (Å²) in [6, 6.07) is 2.40. The van der Waals surface area contributed by atoms with Crippen LogP contribution in [-0.2, 0) is 6.54 Å². The molecule has 0 aromatic carbocycles. The molecule has 1 aliphatic rings. The monoisotopic (exact) mass is 245 g/mol. The number of hydrogen-bond acceptors (Lipinski definition) is 4. The van der Waals surface area contributed by atoms with Gasteiger partial charge in [-0.25, -0.2) is 9.97 Å². The Balaban J connectivity index is 1.87. The van der Waals surface area contributed by atoms with Crippen LogP contribution >= 0.6 is 0 Å². The van der Waals surface area contributed by atoms with Crippen LogP contribution < -0.4 is 5.73 Å². The van der Waals surface area contributed by atoms with Crippen LogP contribution in [0.25, 0.3) is 5.78 Å². The molecule has 0 saturated carbocycles. The molecular weight excluding hydrogens is 226 g/mol. The number of nitrogens with zero attached hydrogens (tertiary/aromatic N) is 4. The number of likely N-dealkylation sites (tertiary alicyclic amines) is 1. The molecule has 1 fully saturated rings. The Morgan fingerprint density at radius 3 is 2.94 bits per heavy atom. The van der Waals surface area contributed by atoms with Gasteiger partial charge >= 0.3 is 0 Å². The predicted octanol–water partition coefficient (Wildman–Crippen LogP) is 0.879. The van der Waals surface area contributed by atoms with Crippen LogP contribution in [0.3, 0.4) is 0 Å². The van der Waals surface area contributed by atoms with Crippen LogP contribution in [0, 0.1) is 13.8 Å². The summed E-state index contributed by atoms with van der Waals surface area (Å²) in [5.74, 6) is 0.797. The number of imidazole rings is 1. The predicted molar refractivity (Wildman–Crippen MR) is 70.3 cm³/mol. The van der Waals surface area contributed by atoms with Crippen molar-refractivity contribution in [2.45, 2.75) is 32.9 Å². The summed E-state index contributed by atoms with van der Waals surface area (Å²) in [6.07, 6.45) is 3.17. The van der Waals surface area contributed by atoms with Crippen LogP contribution in [-0.4, -0.2) is 38.4 Å². The first-order chi connectivity index (χ1) is 8.61. The standard InChI is InChI=1S/C13H19N5/c1-9-5-10(2)18-8-12(16-13(18)15-9)7-17-4-3-11(14)6-17/h5,8,11H,3-4,6-7,14H2,1-2H3/t11-/m1/s1. The van der Waals surface area contributed by atoms with Gasteiger partial charge in [0.25, 0.3) is 0 Å². The van der Waals surface area contributed by atoms with Crippen molar-refractivity contribution in [2.75, 3.05) is 13.1 Å². The van der Waals surface area contributed by atoms with Gasteiger partial charge in [-0.1, -0.05) is 0 Å². The largest absolute Gasteiger partial charge is 0.326 e. The number of hydrogen-bond donors (Lipinski definition) is 1. The van der Waals surface area contributed by atoms with E-state index in [4.69, 9.17) is 5.73 Å². The quantitative estimate of drug-likeness (QED) is 0.853. The highest BCUT2D eigenvalue weighted by molar-refractivity contribution is 5.34. The number of aryl methyl sites for hydroxylation is 2. The zero-order chi connectivity index (χ0) is 12.7. The van der Waals surface area contributed by atoms with Crippen molar-refractivity contribution in [1.82, 2.24) is 19.3 Å². The second-order valence-corrected chi connectivity index (χ2v) is 5.23. The Labute approximate surface area is 107 Å². The molecular formula is C13H19N5. The third-order valence-electron chi connectivity index (χ3n) is 3.51. The summed E-state index contributed by atoms with van der Waals surface area (Å²) in [5.41, 5.74) is 9.18. The van der Waals surface area contributed by atoms with Crippen LogP contribution in [0.4, 0.5) is 0 Å². The molecule has 0 amide bonds. The molecule has 5 nitrogen and oxygen atoms in total. The van der Waals surface area contributed by atoms with Crippen molar-refractivity contribution in [3.63, 3.8) is 0 Å². The van der Waals surface area contributed by atoms with E-state index >= 15 is 0 Å². The lowest BCUT2D eigenvalue weighted by Gasteiger charge is -2.12. The highest BCUT2D eigenvalue weighted by Gasteiger charge is 2.20. The molecule has 3 rings (SSSR count). The molecule has 0 aliphatic carbocycles. The van der Waals surface area contributed by atoms with Gasteiger partial charge in [-0.2, -0.15) is 0 Å². The maximum Gasteiger partial charge on any atom is 0.234 e. The van der Waals surface area contributed by atoms with E-state index in [2.05, 4.69) is 38.5 Å². The van der Waals surface area contributed by atoms with Gasteiger partial charge in [0.05, 0.1) is 5.69 Å². The minimum atomic E-state index is 0.323. The van der Waals surface area contributed by atoms with Gasteiger partial charge in [-0.05, 0) is 26.3 Å². The van der Waals surface area contributed by atoms with Crippen molar-refractivity contribution in [1.29, 1.82) is 0 Å². The van der Waals surface area contributed by atoms with Crippen LogP contribution in [0.15, 0.2) is 12.3 Å². The third kappa shape index (κ3) is 2.11. The van der Waals surface area contributed by atoms with Crippen LogP contribution in [0.5, 0.6) is 0 Å². The molecule has 5 heteroatoms. The first kappa shape index (κ1) is 11.6. The molecule has 0 spiro atoms. The molecule has 1 atom stereocenters. The van der Waals surface area contributed by atoms with Crippen molar-refractivity contribution in [3.05, 3.63) is 29.3 Å². The molecule has 0 radical (unpaired) electrons. The van der Waals surface area contributed by atoms with E-state index in [1.165, 1.54) is 5.69 Å². The van der Waals surface area contributed by atoms with Gasteiger partial charge in [-0.3, -0.25) is 9.30 Å². The molecule has 0 bridgehead atoms. The topological polar surface area (TPSA) is 59.5 Å². The lowest BCUT2D eigenvalue weighted by Crippen LogP contribution is -2.26. The van der Waals surface area contributed by atoms with Gasteiger partial charge in [-0.15, -0.1) is 0 Å². The van der Waals surface area contributed by atoms with Crippen LogP contribution in [0.1, 0.15) is 23.5 Å². The molecule has 3 heterocycles. The second-order valence-electron chi connectivity index (χ2n) is 5.23. The molecule has 0 unspecified atom stereocenters. The average molecular weight is 245 g/mol. The smallest absolute Gasteiger partial charge is 0.234 e. The number of fused-ring (bicyclic) bond motifs is 1. The fraction of sp³-hybridized carbons (Fsp3) is 0.538. The maximum atomic E-state index is 5.92. The zero-order valence-electron chi connectivity index (χ0n) is 10.9. The van der Waals surface area contributed by atoms with Crippen molar-refractivity contribution in [3.8, 4) is 0 Å². The number of rotatable bonds is 2. The second kappa shape index (κ2) is 4.33. The Hall–Kier alpha value is -1.46. The molecule has 1 saturated heterocycles. The van der Waals surface area contributed by atoms with Gasteiger partial charge in [0.1, 0.15) is 0 Å². The highest BCUT2D eigenvalue weighted by atomic mass is 15.2. The molecule has 1 aliphatic heterocycles. The minimum Gasteiger partial charge on any atom is -0.326 e. The van der Waals surface area contributed by atoms with Crippen molar-refractivity contribution < 1.29 is 0 Å². The lowest BCUT2D eigenvalue weighted by molar-refractivity contribution is 0.323. The first-order valence-corrected chi connectivity index (χ1v) is 6.42. The van der Waals surface area contributed by atoms with Gasteiger partial charge in [0, 0.05) is 43.3 Å². The van der Waals surface area contributed by atoms with E-state index in [0.29, 0.717) is 6.04 Å². The normalized spacial score (nSPS) is 20.9. The minimum absolute atomic E-state index is 0.323. The van der Waals surface area contributed by atoms with Crippen molar-refractivity contribution in [2.24, 2.45) is 5.73 Å². The van der Waals surface area contributed by atoms with E-state index in [0.717, 1.165) is 43.2 Å². The fourth-order valence-electron chi connectivity index (χ4n) is 2.63. The zero-order valence-corrected chi connectivity index (χ0v) is 10.9. The summed E-state index contributed by atoms with van der Waals surface area (Å²) in [7, 11) is 0. The summed E-state index contributed by atoms with van der Waals surface area (Å²) in [6.45, 7) is 7.00. The van der Waals surface area contributed by atoms with Crippen LogP contribution in [0.2, 0.25) is 0 Å². The molecule has 2 N–H and O–H groups in total. The van der Waals surface area contributed by atoms with Gasteiger partial charge in [0.15, 0.2) is 0 Å². The fourth-order valence-corrected chi connectivity index (χ4v) is 2.63. The molecule has 18 heavy (non-hydrogen) atoms. The maximum absolute atomic E-state index is 5.92. The highest BCUT2D eigenvalue weighted by Crippen LogP contribution is 2.13. The first-order valence-electron chi connectivity index (χ1n) is 6.42. The molecule has 2 aromatic rings. The number of nitrogens with two attached hydrogens (primary N) is 1. The third-order valence-corrected chi connectivity index (χ3v) is 3.51. The van der Waals surface area contributed by atoms with E-state index in [-0.39, 0.29) is 0 Å². The Morgan fingerprint density at radius 1 is 1.39 bits per heavy atom. The average Bonchev–Trinajstić information content (AvgIpc) is 2.85. The Morgan fingerprint density at radius 2 is 2.22 bits per heavy atom. The summed E-state index contributed by atoms with van der Waals surface area (Å²) in [5, 5.41) is 0. The molecule has 96 valence electrons. The SMILES string of the molecule is Cc1cc(C)n2cc(CN3CC[C@@H](N)C3)nc2n1. The van der Waals surface area contributed by atoms with Gasteiger partial charge in [0.2, 0.25) is 5.78 Å². The molecule has 2 aromatic heterocycles. The van der Waals surface area contributed by atoms with E-state index < -0.39 is 0 Å². The summed E-state index contributed by atoms with van der Waals surface area (Å²) < 4.78 is 2.05. The summed E-state index contributed by atoms with van der Waals surface area (Å²) >= 11 is 0. The van der Waals surface area contributed by atoms with E-state index in [1.54, 1.807) is 0 Å². The number of aromatic nitrogens is 3.